The van der Waals surface area contributed by atoms with Crippen LogP contribution in [0.5, 0.6) is 0 Å². The van der Waals surface area contributed by atoms with Crippen LogP contribution < -0.4 is 10.6 Å². The largest absolute Gasteiger partial charge is 0.321 e. The summed E-state index contributed by atoms with van der Waals surface area (Å²) in [6.45, 7) is 0. The number of amides is 2. The molecule has 0 fully saturated rings. The van der Waals surface area contributed by atoms with E-state index in [9.17, 15) is 9.59 Å². The Morgan fingerprint density at radius 1 is 0.630 bits per heavy atom. The van der Waals surface area contributed by atoms with Crippen molar-refractivity contribution < 1.29 is 9.59 Å². The summed E-state index contributed by atoms with van der Waals surface area (Å²) in [5.74, 6) is -0.851. The van der Waals surface area contributed by atoms with Crippen LogP contribution >= 0.6 is 34.8 Å². The Labute approximate surface area is 171 Å². The normalized spacial score (nSPS) is 10.3. The lowest BCUT2D eigenvalue weighted by Gasteiger charge is -2.13. The van der Waals surface area contributed by atoms with Gasteiger partial charge in [-0.3, -0.25) is 9.59 Å². The Balaban J connectivity index is 1.84. The molecule has 0 spiro atoms. The highest BCUT2D eigenvalue weighted by Crippen LogP contribution is 2.25. The fourth-order valence-corrected chi connectivity index (χ4v) is 3.08. The van der Waals surface area contributed by atoms with Gasteiger partial charge in [-0.2, -0.15) is 0 Å². The number of rotatable bonds is 4. The van der Waals surface area contributed by atoms with E-state index >= 15 is 0 Å². The fraction of sp³-hybridized carbons (Fsp3) is 0. The molecule has 7 heteroatoms. The van der Waals surface area contributed by atoms with Crippen molar-refractivity contribution in [1.82, 2.24) is 0 Å². The van der Waals surface area contributed by atoms with Gasteiger partial charge in [0.15, 0.2) is 0 Å². The summed E-state index contributed by atoms with van der Waals surface area (Å²) in [5, 5.41) is 6.51. The van der Waals surface area contributed by atoms with E-state index in [0.717, 1.165) is 0 Å². The van der Waals surface area contributed by atoms with Crippen LogP contribution in [0.15, 0.2) is 66.7 Å². The summed E-state index contributed by atoms with van der Waals surface area (Å²) < 4.78 is 0. The number of halogens is 3. The number of carbonyl (C=O) groups excluding carboxylic acids is 2. The molecule has 0 unspecified atom stereocenters. The molecule has 27 heavy (non-hydrogen) atoms. The fourth-order valence-electron chi connectivity index (χ4n) is 2.41. The molecule has 3 aromatic carbocycles. The number of nitrogens with one attached hydrogen (secondary N) is 2. The quantitative estimate of drug-likeness (QED) is 0.533. The molecule has 2 amide bonds. The van der Waals surface area contributed by atoms with Crippen LogP contribution in [0.1, 0.15) is 20.7 Å². The predicted molar refractivity (Wildman–Crippen MR) is 110 cm³/mol. The van der Waals surface area contributed by atoms with Crippen LogP contribution in [0.4, 0.5) is 11.4 Å². The number of hydrogen-bond donors (Lipinski definition) is 2. The van der Waals surface area contributed by atoms with Crippen molar-refractivity contribution in [2.24, 2.45) is 0 Å². The lowest BCUT2D eigenvalue weighted by molar-refractivity contribution is 0.102. The highest BCUT2D eigenvalue weighted by atomic mass is 35.5. The predicted octanol–water partition coefficient (Wildman–Crippen LogP) is 6.15. The van der Waals surface area contributed by atoms with Gasteiger partial charge in [0, 0.05) is 5.02 Å². The smallest absolute Gasteiger partial charge is 0.257 e. The first-order chi connectivity index (χ1) is 13.0. The Hall–Kier alpha value is -2.53. The third-order valence-corrected chi connectivity index (χ3v) is 4.60. The monoisotopic (exact) mass is 418 g/mol. The molecule has 0 aliphatic heterocycles. The van der Waals surface area contributed by atoms with Gasteiger partial charge < -0.3 is 10.6 Å². The van der Waals surface area contributed by atoms with E-state index in [1.165, 1.54) is 12.1 Å². The molecule has 3 aromatic rings. The number of hydrogen-bond acceptors (Lipinski definition) is 2. The van der Waals surface area contributed by atoms with Crippen LogP contribution in [0.3, 0.4) is 0 Å². The molecule has 0 aliphatic rings. The standard InChI is InChI=1S/C20H13Cl3N2O2/c21-12-9-10-13(16(23)11-12)19(26)24-17-7-3-1-5-14(17)20(27)25-18-8-4-2-6-15(18)22/h1-11H,(H,24,26)(H,25,27). The molecule has 136 valence electrons. The van der Waals surface area contributed by atoms with Gasteiger partial charge in [-0.25, -0.2) is 0 Å². The van der Waals surface area contributed by atoms with Crippen LogP contribution in [-0.2, 0) is 0 Å². The molecule has 2 N–H and O–H groups in total. The van der Waals surface area contributed by atoms with Gasteiger partial charge in [-0.05, 0) is 42.5 Å². The van der Waals surface area contributed by atoms with Crippen molar-refractivity contribution in [3.8, 4) is 0 Å². The molecule has 0 saturated carbocycles. The zero-order valence-electron chi connectivity index (χ0n) is 13.8. The molecule has 0 aromatic heterocycles. The minimum atomic E-state index is -0.449. The van der Waals surface area contributed by atoms with E-state index in [2.05, 4.69) is 10.6 Å². The molecule has 4 nitrogen and oxygen atoms in total. The summed E-state index contributed by atoms with van der Waals surface area (Å²) in [7, 11) is 0. The number of para-hydroxylation sites is 2. The second-order valence-electron chi connectivity index (χ2n) is 5.56. The van der Waals surface area contributed by atoms with Crippen molar-refractivity contribution in [2.75, 3.05) is 10.6 Å². The highest BCUT2D eigenvalue weighted by Gasteiger charge is 2.16. The van der Waals surface area contributed by atoms with Crippen LogP contribution in [0.2, 0.25) is 15.1 Å². The number of carbonyl (C=O) groups is 2. The van der Waals surface area contributed by atoms with Crippen molar-refractivity contribution in [1.29, 1.82) is 0 Å². The first-order valence-corrected chi connectivity index (χ1v) is 9.00. The first-order valence-electron chi connectivity index (χ1n) is 7.87. The van der Waals surface area contributed by atoms with Crippen molar-refractivity contribution in [2.45, 2.75) is 0 Å². The SMILES string of the molecule is O=C(Nc1ccccc1C(=O)Nc1ccccc1Cl)c1ccc(Cl)cc1Cl. The van der Waals surface area contributed by atoms with Gasteiger partial charge >= 0.3 is 0 Å². The Morgan fingerprint density at radius 3 is 1.93 bits per heavy atom. The van der Waals surface area contributed by atoms with Gasteiger partial charge in [0.25, 0.3) is 11.8 Å². The summed E-state index contributed by atoms with van der Waals surface area (Å²) in [6.07, 6.45) is 0. The van der Waals surface area contributed by atoms with Crippen molar-refractivity contribution >= 4 is 58.0 Å². The van der Waals surface area contributed by atoms with Crippen molar-refractivity contribution in [3.63, 3.8) is 0 Å². The van der Waals surface area contributed by atoms with Gasteiger partial charge in [0.2, 0.25) is 0 Å². The Kier molecular flexibility index (Phi) is 6.01. The average Bonchev–Trinajstić information content (AvgIpc) is 2.64. The van der Waals surface area contributed by atoms with Crippen LogP contribution in [0.25, 0.3) is 0 Å². The molecule has 0 saturated heterocycles. The maximum atomic E-state index is 12.7. The second kappa shape index (κ2) is 8.44. The molecule has 0 heterocycles. The van der Waals surface area contributed by atoms with Gasteiger partial charge in [-0.15, -0.1) is 0 Å². The second-order valence-corrected chi connectivity index (χ2v) is 6.81. The average molecular weight is 420 g/mol. The number of anilines is 2. The summed E-state index contributed by atoms with van der Waals surface area (Å²) in [6, 6.07) is 18.1. The maximum Gasteiger partial charge on any atom is 0.257 e. The van der Waals surface area contributed by atoms with E-state index in [1.807, 2.05) is 0 Å². The Bertz CT molecular complexity index is 1020. The summed E-state index contributed by atoms with van der Waals surface area (Å²) in [5.41, 5.74) is 1.36. The third kappa shape index (κ3) is 4.61. The zero-order valence-corrected chi connectivity index (χ0v) is 16.1. The van der Waals surface area contributed by atoms with Gasteiger partial charge in [0.1, 0.15) is 0 Å². The number of benzene rings is 3. The van der Waals surface area contributed by atoms with Gasteiger partial charge in [0.05, 0.1) is 32.5 Å². The molecular weight excluding hydrogens is 407 g/mol. The summed E-state index contributed by atoms with van der Waals surface area (Å²) in [4.78, 5) is 25.2. The van der Waals surface area contributed by atoms with Crippen LogP contribution in [0, 0.1) is 0 Å². The van der Waals surface area contributed by atoms with Crippen LogP contribution in [-0.4, -0.2) is 11.8 Å². The van der Waals surface area contributed by atoms with E-state index < -0.39 is 11.8 Å². The molecule has 0 atom stereocenters. The molecular formula is C20H13Cl3N2O2. The lowest BCUT2D eigenvalue weighted by atomic mass is 10.1. The van der Waals surface area contributed by atoms with E-state index in [4.69, 9.17) is 34.8 Å². The van der Waals surface area contributed by atoms with E-state index in [1.54, 1.807) is 54.6 Å². The molecule has 0 aliphatic carbocycles. The minimum Gasteiger partial charge on any atom is -0.321 e. The molecule has 0 bridgehead atoms. The topological polar surface area (TPSA) is 58.2 Å². The lowest BCUT2D eigenvalue weighted by Crippen LogP contribution is -2.18. The minimum absolute atomic E-state index is 0.220. The van der Waals surface area contributed by atoms with E-state index in [-0.39, 0.29) is 16.1 Å². The third-order valence-electron chi connectivity index (χ3n) is 3.72. The van der Waals surface area contributed by atoms with Crippen molar-refractivity contribution in [3.05, 3.63) is 92.9 Å². The highest BCUT2D eigenvalue weighted by molar-refractivity contribution is 6.37. The molecule has 3 rings (SSSR count). The summed E-state index contributed by atoms with van der Waals surface area (Å²) >= 11 is 18.0. The van der Waals surface area contributed by atoms with E-state index in [0.29, 0.717) is 21.4 Å². The Morgan fingerprint density at radius 2 is 1.22 bits per heavy atom. The zero-order chi connectivity index (χ0) is 19.4. The first kappa shape index (κ1) is 19.2. The maximum absolute atomic E-state index is 12.7. The van der Waals surface area contributed by atoms with Gasteiger partial charge in [-0.1, -0.05) is 59.1 Å². The molecule has 0 radical (unpaired) electrons.